The van der Waals surface area contributed by atoms with Gasteiger partial charge in [-0.3, -0.25) is 4.79 Å². The average molecular weight is 316 g/mol. The summed E-state index contributed by atoms with van der Waals surface area (Å²) in [7, 11) is 0. The van der Waals surface area contributed by atoms with Gasteiger partial charge in [-0.25, -0.2) is 14.8 Å². The van der Waals surface area contributed by atoms with Crippen LogP contribution in [-0.2, 0) is 9.53 Å². The summed E-state index contributed by atoms with van der Waals surface area (Å²) in [6, 6.07) is 10.1. The second-order valence-electron chi connectivity index (χ2n) is 7.28. The number of hydrogen-bond donors (Lipinski definition) is 0. The largest absolute Gasteiger partial charge is 0.442 e. The normalized spacial score (nSPS) is 23.8. The molecule has 1 aliphatic carbocycles. The lowest BCUT2D eigenvalue weighted by atomic mass is 10.1. The first-order chi connectivity index (χ1) is 10.9. The van der Waals surface area contributed by atoms with Crippen molar-refractivity contribution >= 4 is 12.0 Å². The van der Waals surface area contributed by atoms with Crippen LogP contribution in [0.4, 0.5) is 4.79 Å². The molecular weight excluding hydrogens is 292 g/mol. The first kappa shape index (κ1) is 15.8. The Hall–Kier alpha value is -2.04. The molecule has 0 N–H and O–H groups in total. The molecule has 1 aliphatic heterocycles. The van der Waals surface area contributed by atoms with Crippen LogP contribution in [0.1, 0.15) is 45.1 Å². The number of amides is 2. The molecule has 2 fully saturated rings. The smallest absolute Gasteiger partial charge is 0.429 e. The molecule has 5 heteroatoms. The van der Waals surface area contributed by atoms with E-state index >= 15 is 0 Å². The fourth-order valence-electron chi connectivity index (χ4n) is 3.07. The number of hydrogen-bond acceptors (Lipinski definition) is 3. The van der Waals surface area contributed by atoms with Gasteiger partial charge in [0.2, 0.25) is 5.91 Å². The molecule has 0 bridgehead atoms. The Labute approximate surface area is 137 Å². The third-order valence-electron chi connectivity index (χ3n) is 4.23. The lowest BCUT2D eigenvalue weighted by molar-refractivity contribution is -0.144. The summed E-state index contributed by atoms with van der Waals surface area (Å²) in [5.41, 5.74) is 0.648. The van der Waals surface area contributed by atoms with Crippen molar-refractivity contribution in [3.8, 4) is 0 Å². The SMILES string of the molecule is CC(C)(C)OC(=O)N1CCCN1C(=O)[C@@H]1C[C@@H]1c1ccccc1. The van der Waals surface area contributed by atoms with Gasteiger partial charge in [0.15, 0.2) is 0 Å². The second kappa shape index (κ2) is 5.87. The van der Waals surface area contributed by atoms with E-state index in [0.29, 0.717) is 13.1 Å². The van der Waals surface area contributed by atoms with Gasteiger partial charge in [0.05, 0.1) is 0 Å². The summed E-state index contributed by atoms with van der Waals surface area (Å²) in [4.78, 5) is 25.0. The minimum Gasteiger partial charge on any atom is -0.442 e. The Bertz CT molecular complexity index is 594. The molecule has 0 radical (unpaired) electrons. The van der Waals surface area contributed by atoms with Crippen molar-refractivity contribution in [2.75, 3.05) is 13.1 Å². The van der Waals surface area contributed by atoms with Crippen LogP contribution in [0.15, 0.2) is 30.3 Å². The molecule has 124 valence electrons. The minimum absolute atomic E-state index is 0.0135. The predicted octanol–water partition coefficient (Wildman–Crippen LogP) is 3.17. The summed E-state index contributed by atoms with van der Waals surface area (Å²) < 4.78 is 5.41. The summed E-state index contributed by atoms with van der Waals surface area (Å²) in [5, 5.41) is 3.05. The highest BCUT2D eigenvalue weighted by atomic mass is 16.6. The van der Waals surface area contributed by atoms with E-state index in [1.807, 2.05) is 39.0 Å². The van der Waals surface area contributed by atoms with Gasteiger partial charge >= 0.3 is 6.09 Å². The third-order valence-corrected chi connectivity index (χ3v) is 4.23. The molecule has 1 heterocycles. The quantitative estimate of drug-likeness (QED) is 0.842. The Morgan fingerprint density at radius 1 is 1.09 bits per heavy atom. The van der Waals surface area contributed by atoms with Gasteiger partial charge in [-0.1, -0.05) is 30.3 Å². The predicted molar refractivity (Wildman–Crippen MR) is 86.6 cm³/mol. The zero-order valence-electron chi connectivity index (χ0n) is 14.0. The van der Waals surface area contributed by atoms with E-state index in [-0.39, 0.29) is 17.7 Å². The van der Waals surface area contributed by atoms with Gasteiger partial charge in [-0.2, -0.15) is 0 Å². The zero-order valence-corrected chi connectivity index (χ0v) is 14.0. The van der Waals surface area contributed by atoms with Crippen molar-refractivity contribution in [1.29, 1.82) is 0 Å². The summed E-state index contributed by atoms with van der Waals surface area (Å²) in [6.07, 6.45) is 1.23. The highest BCUT2D eigenvalue weighted by Crippen LogP contribution is 2.48. The van der Waals surface area contributed by atoms with E-state index < -0.39 is 11.7 Å². The molecule has 23 heavy (non-hydrogen) atoms. The molecular formula is C18H24N2O3. The van der Waals surface area contributed by atoms with Crippen LogP contribution in [0, 0.1) is 5.92 Å². The van der Waals surface area contributed by atoms with Crippen molar-refractivity contribution in [1.82, 2.24) is 10.0 Å². The van der Waals surface area contributed by atoms with E-state index in [4.69, 9.17) is 4.74 Å². The Kier molecular flexibility index (Phi) is 4.04. The first-order valence-electron chi connectivity index (χ1n) is 8.23. The molecule has 5 nitrogen and oxygen atoms in total. The monoisotopic (exact) mass is 316 g/mol. The Morgan fingerprint density at radius 2 is 1.74 bits per heavy atom. The number of ether oxygens (including phenoxy) is 1. The van der Waals surface area contributed by atoms with E-state index in [0.717, 1.165) is 12.8 Å². The molecule has 0 spiro atoms. The van der Waals surface area contributed by atoms with Crippen LogP contribution >= 0.6 is 0 Å². The minimum atomic E-state index is -0.555. The standard InChI is InChI=1S/C18H24N2O3/c1-18(2,3)23-17(22)20-11-7-10-19(20)16(21)15-12-14(15)13-8-5-4-6-9-13/h4-6,8-9,14-15H,7,10-12H2,1-3H3/t14-,15-/m1/s1. The van der Waals surface area contributed by atoms with Crippen molar-refractivity contribution < 1.29 is 14.3 Å². The van der Waals surface area contributed by atoms with E-state index in [1.54, 1.807) is 5.01 Å². The Morgan fingerprint density at radius 3 is 2.39 bits per heavy atom. The van der Waals surface area contributed by atoms with E-state index in [1.165, 1.54) is 10.6 Å². The highest BCUT2D eigenvalue weighted by molar-refractivity contribution is 5.85. The van der Waals surface area contributed by atoms with Gasteiger partial charge < -0.3 is 4.74 Å². The van der Waals surface area contributed by atoms with E-state index in [2.05, 4.69) is 12.1 Å². The number of rotatable bonds is 2. The number of hydrazine groups is 1. The number of benzene rings is 1. The molecule has 2 atom stereocenters. The lowest BCUT2D eigenvalue weighted by Crippen LogP contribution is -2.47. The molecule has 2 aliphatic rings. The maximum absolute atomic E-state index is 12.7. The molecule has 3 rings (SSSR count). The molecule has 1 aromatic rings. The number of carbonyl (C=O) groups excluding carboxylic acids is 2. The molecule has 2 amide bonds. The van der Waals surface area contributed by atoms with Gasteiger partial charge in [-0.15, -0.1) is 0 Å². The van der Waals surface area contributed by atoms with Crippen LogP contribution in [0.5, 0.6) is 0 Å². The van der Waals surface area contributed by atoms with Crippen LogP contribution in [0.2, 0.25) is 0 Å². The van der Waals surface area contributed by atoms with Crippen LogP contribution < -0.4 is 0 Å². The molecule has 0 unspecified atom stereocenters. The lowest BCUT2D eigenvalue weighted by Gasteiger charge is -2.30. The topological polar surface area (TPSA) is 49.9 Å². The third kappa shape index (κ3) is 3.49. The van der Waals surface area contributed by atoms with Crippen molar-refractivity contribution in [2.45, 2.75) is 45.1 Å². The fourth-order valence-corrected chi connectivity index (χ4v) is 3.07. The van der Waals surface area contributed by atoms with Crippen LogP contribution in [0.3, 0.4) is 0 Å². The summed E-state index contributed by atoms with van der Waals surface area (Å²) >= 11 is 0. The van der Waals surface area contributed by atoms with Crippen molar-refractivity contribution in [2.24, 2.45) is 5.92 Å². The van der Waals surface area contributed by atoms with Crippen molar-refractivity contribution in [3.63, 3.8) is 0 Å². The van der Waals surface area contributed by atoms with E-state index in [9.17, 15) is 9.59 Å². The number of carbonyl (C=O) groups is 2. The first-order valence-corrected chi connectivity index (χ1v) is 8.23. The molecule has 0 aromatic heterocycles. The van der Waals surface area contributed by atoms with Crippen LogP contribution in [-0.4, -0.2) is 40.7 Å². The fraction of sp³-hybridized carbons (Fsp3) is 0.556. The van der Waals surface area contributed by atoms with Crippen molar-refractivity contribution in [3.05, 3.63) is 35.9 Å². The van der Waals surface area contributed by atoms with Gasteiger partial charge in [0.25, 0.3) is 0 Å². The van der Waals surface area contributed by atoms with Gasteiger partial charge in [0, 0.05) is 19.0 Å². The molecule has 1 aromatic carbocycles. The van der Waals surface area contributed by atoms with Gasteiger partial charge in [0.1, 0.15) is 5.60 Å². The maximum atomic E-state index is 12.7. The zero-order chi connectivity index (χ0) is 16.6. The summed E-state index contributed by atoms with van der Waals surface area (Å²) in [6.45, 7) is 6.64. The molecule has 1 saturated heterocycles. The maximum Gasteiger partial charge on any atom is 0.429 e. The molecule has 1 saturated carbocycles. The van der Waals surface area contributed by atoms with Gasteiger partial charge in [-0.05, 0) is 45.1 Å². The number of nitrogens with zero attached hydrogens (tertiary/aromatic N) is 2. The van der Waals surface area contributed by atoms with Crippen LogP contribution in [0.25, 0.3) is 0 Å². The Balaban J connectivity index is 1.64. The second-order valence-corrected chi connectivity index (χ2v) is 7.28. The summed E-state index contributed by atoms with van der Waals surface area (Å²) in [5.74, 6) is 0.312. The average Bonchev–Trinajstić information content (AvgIpc) is 3.13. The highest BCUT2D eigenvalue weighted by Gasteiger charge is 2.48.